The molecule has 11 bridgehead atoms. The lowest BCUT2D eigenvalue weighted by Gasteiger charge is -2.47. The number of aliphatic hydroxyl groups excluding tert-OH is 6. The average molecular weight is 1540 g/mol. The lowest BCUT2D eigenvalue weighted by Crippen LogP contribution is -2.64. The van der Waals surface area contributed by atoms with Crippen LogP contribution < -0.4 is 69.0 Å². The minimum absolute atomic E-state index is 0.00990. The van der Waals surface area contributed by atoms with Gasteiger partial charge in [0.15, 0.2) is 30.2 Å². The van der Waals surface area contributed by atoms with E-state index in [0.717, 1.165) is 69.2 Å². The molecule has 5 aromatic rings. The summed E-state index contributed by atoms with van der Waals surface area (Å²) in [4.78, 5) is 90.9. The van der Waals surface area contributed by atoms with E-state index in [4.69, 9.17) is 72.4 Å². The minimum Gasteiger partial charge on any atom is -0.508 e. The number of unbranched alkanes of at least 4 members (excludes halogenated alkanes) is 7. The van der Waals surface area contributed by atoms with Gasteiger partial charge in [0, 0.05) is 46.7 Å². The molecule has 34 heteroatoms. The van der Waals surface area contributed by atoms with Crippen molar-refractivity contribution in [3.05, 3.63) is 118 Å². The van der Waals surface area contributed by atoms with Gasteiger partial charge in [0.05, 0.1) is 42.5 Å². The number of amides is 6. The van der Waals surface area contributed by atoms with Gasteiger partial charge in [0.25, 0.3) is 0 Å². The number of carbonyl (C=O) groups is 6. The predicted molar refractivity (Wildman–Crippen MR) is 387 cm³/mol. The van der Waals surface area contributed by atoms with Crippen LogP contribution in [0.1, 0.15) is 164 Å². The molecule has 0 radical (unpaired) electrons. The predicted octanol–water partition coefficient (Wildman–Crippen LogP) is 2.50. The second kappa shape index (κ2) is 34.4. The second-order valence-corrected chi connectivity index (χ2v) is 29.7. The Kier molecular flexibility index (Phi) is 25.7. The summed E-state index contributed by atoms with van der Waals surface area (Å²) in [6, 6.07) is 7.42. The quantitative estimate of drug-likeness (QED) is 0.0528. The van der Waals surface area contributed by atoms with Gasteiger partial charge in [-0.05, 0) is 118 Å². The van der Waals surface area contributed by atoms with Gasteiger partial charge in [-0.15, -0.1) is 0 Å². The molecule has 3 fully saturated rings. The third-order valence-corrected chi connectivity index (χ3v) is 20.9. The zero-order valence-corrected chi connectivity index (χ0v) is 61.4. The molecule has 8 aliphatic rings. The summed E-state index contributed by atoms with van der Waals surface area (Å²) in [5.41, 5.74) is 21.8. The van der Waals surface area contributed by atoms with Gasteiger partial charge < -0.3 is 133 Å². The first kappa shape index (κ1) is 81.4. The molecule has 0 aliphatic carbocycles. The zero-order chi connectivity index (χ0) is 78.7. The minimum atomic E-state index is -2.23. The number of benzene rings is 5. The Morgan fingerprint density at radius 1 is 0.633 bits per heavy atom. The number of ether oxygens (including phenoxy) is 8. The van der Waals surface area contributed by atoms with E-state index < -0.39 is 210 Å². The molecule has 592 valence electrons. The summed E-state index contributed by atoms with van der Waals surface area (Å²) in [6.07, 6.45) is -15.1. The summed E-state index contributed by atoms with van der Waals surface area (Å²) < 4.78 is 52.1. The van der Waals surface area contributed by atoms with Crippen molar-refractivity contribution in [3.63, 3.8) is 0 Å². The topological polar surface area (TPSA) is 535 Å². The highest BCUT2D eigenvalue weighted by atomic mass is 35.5. The Morgan fingerprint density at radius 3 is 1.86 bits per heavy atom. The Hall–Kier alpha value is -8.59. The maximum Gasteiger partial charge on any atom is 0.248 e. The monoisotopic (exact) mass is 1540 g/mol. The molecule has 21 atom stereocenters. The first-order chi connectivity index (χ1) is 51.7. The number of nitrogens with two attached hydrogens (primary N) is 4. The van der Waals surface area contributed by atoms with Gasteiger partial charge in [-0.25, -0.2) is 0 Å². The fraction of sp³-hybridized carbons (Fsp3) is 0.520. The standard InChI is InChI=1S/C75H97ClN10O23/c1-6-7-8-9-10-11-12-13-22-81-67-42-27-39(88)28-46(90)54(42)41-23-36(16-20-45(41)89)56-70(99)85-58(72(101)86-67)62(107-52-30-74(4,79)65(95)33(2)102-52)35-14-18-40(19-15-35)104-48-25-38-26-49(63(48)109-73-64(61(94)60(93)50(32-87)106-73)108-53-31-75(5,80)66(96)34(3)103-53)105-47-21-17-37(24-43(47)76)59(92)55(78)69(98)82-44(29-51(77)91)68(97)83-57(38)71(100)84-56/h14-21,23-28,33-34,44,50,52-53,55-62,64-67,73,81,87-90,92-96H,6-13,22,29-32,78-80H2,1-5H3,(H2,77,91)(H,82,98)(H,83,97)(H,84,100)(H,85,99)(H,86,101)/t33-,34-,44-,50+,52-,53-,55+,56+,57+,58-,59+,60+,61-,62+,64+,65-,66-,67?,73-,74-,75-/m0/s1. The van der Waals surface area contributed by atoms with Crippen LogP contribution >= 0.6 is 11.6 Å². The first-order valence-corrected chi connectivity index (χ1v) is 36.8. The highest BCUT2D eigenvalue weighted by Gasteiger charge is 2.52. The number of hydrogen-bond donors (Lipinski definition) is 19. The van der Waals surface area contributed by atoms with Crippen molar-refractivity contribution in [1.82, 2.24) is 31.9 Å². The van der Waals surface area contributed by atoms with Crippen molar-refractivity contribution in [1.29, 1.82) is 0 Å². The normalized spacial score (nSPS) is 32.2. The van der Waals surface area contributed by atoms with Gasteiger partial charge in [0.1, 0.15) is 95.6 Å². The number of fused-ring (bicyclic) bond motifs is 15. The summed E-state index contributed by atoms with van der Waals surface area (Å²) in [5.74, 6) is -10.7. The molecule has 0 saturated carbocycles. The van der Waals surface area contributed by atoms with E-state index in [1.54, 1.807) is 20.8 Å². The second-order valence-electron chi connectivity index (χ2n) is 29.3. The van der Waals surface area contributed by atoms with Crippen LogP contribution in [0.2, 0.25) is 5.02 Å². The SMILES string of the molecule is CCCCCCCCCCNC1NC(=O)[C@H]2NC(=O)[C@H](NC(=O)[C@@H]3NC(=O)[C@H](CC(N)=O)NC(=O)[C@H](N)[C@H](O)c4ccc(c(Cl)c4)Oc4cc3cc(c4O[C@@H]3O[C@H](CO)[C@@H](O)[C@H](O)[C@H]3O[C@H]3C[C@](C)(N)[C@@H](O)[C@H](C)O3)Oc3ccc(cc3)[C@H]2O[C@H]2C[C@](C)(N)[C@@H](O)[C@H](C)O2)c2ccc(O)c(c2)-c2c(O)cc(O)cc21. The van der Waals surface area contributed by atoms with Crippen molar-refractivity contribution in [2.75, 3.05) is 13.2 Å². The molecule has 6 amide bonds. The van der Waals surface area contributed by atoms with Crippen LogP contribution in [0.25, 0.3) is 11.1 Å². The molecule has 8 heterocycles. The molecule has 1 unspecified atom stereocenters. The number of aliphatic hydroxyl groups is 6. The van der Waals surface area contributed by atoms with Crippen LogP contribution in [0, 0.1) is 0 Å². The van der Waals surface area contributed by atoms with Gasteiger partial charge in [-0.2, -0.15) is 0 Å². The Balaban J connectivity index is 1.15. The lowest BCUT2D eigenvalue weighted by atomic mass is 9.86. The van der Waals surface area contributed by atoms with Crippen LogP contribution in [-0.4, -0.2) is 191 Å². The molecule has 0 spiro atoms. The molecular weight excluding hydrogens is 1440 g/mol. The van der Waals surface area contributed by atoms with E-state index in [2.05, 4.69) is 38.8 Å². The van der Waals surface area contributed by atoms with E-state index in [-0.39, 0.29) is 74.9 Å². The van der Waals surface area contributed by atoms with E-state index in [1.807, 2.05) is 0 Å². The van der Waals surface area contributed by atoms with Crippen LogP contribution in [-0.2, 0) is 52.5 Å². The smallest absolute Gasteiger partial charge is 0.248 e. The molecule has 5 aromatic carbocycles. The van der Waals surface area contributed by atoms with E-state index in [0.29, 0.717) is 6.42 Å². The number of carbonyl (C=O) groups excluding carboxylic acids is 6. The maximum absolute atomic E-state index is 16.3. The van der Waals surface area contributed by atoms with Crippen LogP contribution in [0.5, 0.6) is 46.0 Å². The van der Waals surface area contributed by atoms with Gasteiger partial charge in [0.2, 0.25) is 47.5 Å². The Labute approximate surface area is 632 Å². The van der Waals surface area contributed by atoms with Crippen molar-refractivity contribution < 1.29 is 113 Å². The largest absolute Gasteiger partial charge is 0.508 e. The third kappa shape index (κ3) is 18.4. The zero-order valence-electron chi connectivity index (χ0n) is 60.7. The van der Waals surface area contributed by atoms with Crippen LogP contribution in [0.4, 0.5) is 0 Å². The number of phenolic OH excluding ortho intramolecular Hbond substituents is 3. The lowest BCUT2D eigenvalue weighted by molar-refractivity contribution is -0.333. The molecule has 3 saturated heterocycles. The molecule has 0 aromatic heterocycles. The van der Waals surface area contributed by atoms with Crippen molar-refractivity contribution in [3.8, 4) is 57.1 Å². The Morgan fingerprint density at radius 2 is 1.23 bits per heavy atom. The van der Waals surface area contributed by atoms with Gasteiger partial charge in [-0.1, -0.05) is 87.7 Å². The summed E-state index contributed by atoms with van der Waals surface area (Å²) in [5, 5.41) is 120. The number of nitrogens with one attached hydrogen (secondary N) is 6. The maximum atomic E-state index is 16.3. The van der Waals surface area contributed by atoms with Crippen LogP contribution in [0.3, 0.4) is 0 Å². The summed E-state index contributed by atoms with van der Waals surface area (Å²) in [7, 11) is 0. The first-order valence-electron chi connectivity index (χ1n) is 36.4. The highest BCUT2D eigenvalue weighted by Crippen LogP contribution is 2.49. The van der Waals surface area contributed by atoms with Gasteiger partial charge in [-0.3, -0.25) is 34.1 Å². The van der Waals surface area contributed by atoms with E-state index >= 15 is 19.2 Å². The molecular formula is C75H97ClN10O23. The number of primary amides is 1. The van der Waals surface area contributed by atoms with E-state index in [9.17, 15) is 55.5 Å². The summed E-state index contributed by atoms with van der Waals surface area (Å²) in [6.45, 7) is 7.64. The molecule has 8 aliphatic heterocycles. The summed E-state index contributed by atoms with van der Waals surface area (Å²) >= 11 is 7.01. The number of halogens is 1. The van der Waals surface area contributed by atoms with Crippen LogP contribution in [0.15, 0.2) is 84.9 Å². The number of phenols is 3. The fourth-order valence-electron chi connectivity index (χ4n) is 14.5. The van der Waals surface area contributed by atoms with Crippen molar-refractivity contribution in [2.24, 2.45) is 22.9 Å². The number of aromatic hydroxyl groups is 3. The molecule has 33 nitrogen and oxygen atoms in total. The third-order valence-electron chi connectivity index (χ3n) is 20.6. The number of rotatable bonds is 19. The average Bonchev–Trinajstić information content (AvgIpc) is 0.747. The van der Waals surface area contributed by atoms with E-state index in [1.165, 1.54) is 67.6 Å². The Bertz CT molecular complexity index is 4140. The molecule has 109 heavy (non-hydrogen) atoms. The van der Waals surface area contributed by atoms with Crippen molar-refractivity contribution >= 4 is 47.0 Å². The van der Waals surface area contributed by atoms with Crippen molar-refractivity contribution in [2.45, 2.75) is 233 Å². The number of hydrogen-bond acceptors (Lipinski definition) is 27. The molecule has 23 N–H and O–H groups in total. The molecule has 13 rings (SSSR count). The van der Waals surface area contributed by atoms with Gasteiger partial charge >= 0.3 is 0 Å². The highest BCUT2D eigenvalue weighted by molar-refractivity contribution is 6.32. The fourth-order valence-corrected chi connectivity index (χ4v) is 14.7.